The number of carbonyl (C=O) groups excluding carboxylic acids is 1. The minimum Gasteiger partial charge on any atom is -0.340 e. The number of pyridine rings is 2. The Morgan fingerprint density at radius 3 is 2.17 bits per heavy atom. The summed E-state index contributed by atoms with van der Waals surface area (Å²) in [5.74, 6) is -2.56. The highest BCUT2D eigenvalue weighted by Gasteiger charge is 2.38. The van der Waals surface area contributed by atoms with Crippen molar-refractivity contribution in [1.29, 1.82) is 0 Å². The van der Waals surface area contributed by atoms with Crippen molar-refractivity contribution in [2.24, 2.45) is 0 Å². The molecule has 0 aliphatic carbocycles. The molecular formula is C24H14F7N3O. The molecule has 4 rings (SSSR count). The van der Waals surface area contributed by atoms with Crippen LogP contribution in [0, 0.1) is 5.82 Å². The SMILES string of the molecule is O=C(NC(c1ccc(C(F)(F)F)c(F)c1)c1ncccc1C(F)(F)F)c1ccc2cccnc2c1. The van der Waals surface area contributed by atoms with Crippen LogP contribution in [0.1, 0.15) is 38.8 Å². The van der Waals surface area contributed by atoms with Crippen LogP contribution in [0.15, 0.2) is 73.1 Å². The molecule has 2 aromatic carbocycles. The van der Waals surface area contributed by atoms with Crippen LogP contribution in [0.3, 0.4) is 0 Å². The van der Waals surface area contributed by atoms with Crippen molar-refractivity contribution in [1.82, 2.24) is 15.3 Å². The highest BCUT2D eigenvalue weighted by Crippen LogP contribution is 2.37. The standard InChI is InChI=1S/C24H14F7N3O/c25-18-11-14(7-8-16(18)23(26,27)28)20(21-17(24(29,30)31)4-2-10-33-21)34-22(35)15-6-5-13-3-1-9-32-19(13)12-15/h1-12,20H,(H,34,35). The molecule has 1 amide bonds. The van der Waals surface area contributed by atoms with Crippen molar-refractivity contribution in [3.8, 4) is 0 Å². The summed E-state index contributed by atoms with van der Waals surface area (Å²) in [6.45, 7) is 0. The molecule has 11 heteroatoms. The van der Waals surface area contributed by atoms with E-state index in [4.69, 9.17) is 0 Å². The fraction of sp³-hybridized carbons (Fsp3) is 0.125. The second-order valence-electron chi connectivity index (χ2n) is 7.49. The number of aromatic nitrogens is 2. The molecule has 1 atom stereocenters. The van der Waals surface area contributed by atoms with Crippen molar-refractivity contribution in [3.63, 3.8) is 0 Å². The van der Waals surface area contributed by atoms with Gasteiger partial charge < -0.3 is 5.32 Å². The Kier molecular flexibility index (Phi) is 6.18. The molecule has 1 N–H and O–H groups in total. The van der Waals surface area contributed by atoms with Crippen molar-refractivity contribution < 1.29 is 35.5 Å². The van der Waals surface area contributed by atoms with Gasteiger partial charge in [-0.15, -0.1) is 0 Å². The minimum absolute atomic E-state index is 0.0260. The number of alkyl halides is 6. The molecule has 0 radical (unpaired) electrons. The first-order valence-corrected chi connectivity index (χ1v) is 9.99. The van der Waals surface area contributed by atoms with Crippen LogP contribution < -0.4 is 5.32 Å². The highest BCUT2D eigenvalue weighted by molar-refractivity contribution is 5.98. The van der Waals surface area contributed by atoms with Gasteiger partial charge in [-0.25, -0.2) is 4.39 Å². The number of halogens is 7. The minimum atomic E-state index is -5.01. The Hall–Kier alpha value is -4.02. The fourth-order valence-electron chi connectivity index (χ4n) is 3.56. The number of carbonyl (C=O) groups is 1. The molecule has 0 saturated heterocycles. The van der Waals surface area contributed by atoms with Gasteiger partial charge in [0.1, 0.15) is 5.82 Å². The summed E-state index contributed by atoms with van der Waals surface area (Å²) >= 11 is 0. The third-order valence-electron chi connectivity index (χ3n) is 5.19. The Morgan fingerprint density at radius 1 is 0.800 bits per heavy atom. The smallest absolute Gasteiger partial charge is 0.340 e. The van der Waals surface area contributed by atoms with Crippen LogP contribution in [0.2, 0.25) is 0 Å². The van der Waals surface area contributed by atoms with Gasteiger partial charge >= 0.3 is 12.4 Å². The van der Waals surface area contributed by atoms with E-state index < -0.39 is 46.9 Å². The van der Waals surface area contributed by atoms with Crippen LogP contribution in [-0.4, -0.2) is 15.9 Å². The summed E-state index contributed by atoms with van der Waals surface area (Å²) in [5, 5.41) is 3.05. The first kappa shape index (κ1) is 24.1. The summed E-state index contributed by atoms with van der Waals surface area (Å²) in [4.78, 5) is 20.8. The van der Waals surface area contributed by atoms with E-state index in [0.29, 0.717) is 29.1 Å². The van der Waals surface area contributed by atoms with Crippen molar-refractivity contribution in [2.75, 3.05) is 0 Å². The van der Waals surface area contributed by atoms with Crippen molar-refractivity contribution >= 4 is 16.8 Å². The van der Waals surface area contributed by atoms with Crippen LogP contribution in [0.4, 0.5) is 30.7 Å². The van der Waals surface area contributed by atoms with Crippen molar-refractivity contribution in [3.05, 3.63) is 107 Å². The van der Waals surface area contributed by atoms with E-state index in [1.54, 1.807) is 18.2 Å². The zero-order valence-electron chi connectivity index (χ0n) is 17.5. The van der Waals surface area contributed by atoms with Crippen LogP contribution in [-0.2, 0) is 12.4 Å². The third-order valence-corrected chi connectivity index (χ3v) is 5.19. The Morgan fingerprint density at radius 2 is 1.49 bits per heavy atom. The van der Waals surface area contributed by atoms with E-state index in [0.717, 1.165) is 18.3 Å². The van der Waals surface area contributed by atoms with E-state index in [1.165, 1.54) is 18.3 Å². The van der Waals surface area contributed by atoms with Crippen LogP contribution >= 0.6 is 0 Å². The number of fused-ring (bicyclic) bond motifs is 1. The normalized spacial score (nSPS) is 13.0. The Bertz CT molecular complexity index is 1400. The molecule has 0 fully saturated rings. The lowest BCUT2D eigenvalue weighted by Gasteiger charge is -2.23. The lowest BCUT2D eigenvalue weighted by atomic mass is 9.97. The zero-order valence-corrected chi connectivity index (χ0v) is 17.5. The number of nitrogens with zero attached hydrogens (tertiary/aromatic N) is 2. The molecule has 0 spiro atoms. The van der Waals surface area contributed by atoms with Gasteiger partial charge in [0.2, 0.25) is 0 Å². The average molecular weight is 493 g/mol. The lowest BCUT2D eigenvalue weighted by Crippen LogP contribution is -2.32. The molecule has 2 heterocycles. The molecule has 35 heavy (non-hydrogen) atoms. The van der Waals surface area contributed by atoms with E-state index in [2.05, 4.69) is 15.3 Å². The summed E-state index contributed by atoms with van der Waals surface area (Å²) in [6.07, 6.45) is -7.39. The molecule has 4 nitrogen and oxygen atoms in total. The number of rotatable bonds is 4. The van der Waals surface area contributed by atoms with Gasteiger partial charge in [-0.1, -0.05) is 18.2 Å². The van der Waals surface area contributed by atoms with E-state index in [1.807, 2.05) is 0 Å². The molecular weight excluding hydrogens is 479 g/mol. The first-order valence-electron chi connectivity index (χ1n) is 9.99. The topological polar surface area (TPSA) is 54.9 Å². The number of amides is 1. The quantitative estimate of drug-likeness (QED) is 0.338. The zero-order chi connectivity index (χ0) is 25.4. The molecule has 1 unspecified atom stereocenters. The number of hydrogen-bond acceptors (Lipinski definition) is 3. The molecule has 0 aliphatic rings. The molecule has 0 bridgehead atoms. The number of hydrogen-bond donors (Lipinski definition) is 1. The van der Waals surface area contributed by atoms with Gasteiger partial charge in [-0.2, -0.15) is 26.3 Å². The van der Waals surface area contributed by atoms with Gasteiger partial charge in [-0.3, -0.25) is 14.8 Å². The van der Waals surface area contributed by atoms with Gasteiger partial charge in [0, 0.05) is 23.3 Å². The van der Waals surface area contributed by atoms with Crippen LogP contribution in [0.25, 0.3) is 10.9 Å². The predicted molar refractivity (Wildman–Crippen MR) is 112 cm³/mol. The van der Waals surface area contributed by atoms with Gasteiger partial charge in [0.25, 0.3) is 5.91 Å². The Labute approximate surface area is 193 Å². The molecule has 180 valence electrons. The second kappa shape index (κ2) is 8.97. The second-order valence-corrected chi connectivity index (χ2v) is 7.49. The molecule has 2 aromatic heterocycles. The summed E-state index contributed by atoms with van der Waals surface area (Å²) in [7, 11) is 0. The first-order chi connectivity index (χ1) is 16.4. The third kappa shape index (κ3) is 5.08. The molecule has 4 aromatic rings. The van der Waals surface area contributed by atoms with Gasteiger partial charge in [-0.05, 0) is 48.0 Å². The van der Waals surface area contributed by atoms with E-state index >= 15 is 0 Å². The predicted octanol–water partition coefficient (Wildman–Crippen LogP) is 6.33. The highest BCUT2D eigenvalue weighted by atomic mass is 19.4. The van der Waals surface area contributed by atoms with E-state index in [-0.39, 0.29) is 11.1 Å². The lowest BCUT2D eigenvalue weighted by molar-refractivity contribution is -0.140. The van der Waals surface area contributed by atoms with E-state index in [9.17, 15) is 35.5 Å². The van der Waals surface area contributed by atoms with Crippen LogP contribution in [0.5, 0.6) is 0 Å². The maximum atomic E-state index is 14.3. The Balaban J connectivity index is 1.81. The van der Waals surface area contributed by atoms with Gasteiger partial charge in [0.05, 0.1) is 28.4 Å². The monoisotopic (exact) mass is 493 g/mol. The maximum Gasteiger partial charge on any atom is 0.419 e. The van der Waals surface area contributed by atoms with Crippen molar-refractivity contribution in [2.45, 2.75) is 18.4 Å². The molecule has 0 saturated carbocycles. The average Bonchev–Trinajstić information content (AvgIpc) is 2.80. The summed E-state index contributed by atoms with van der Waals surface area (Å²) < 4.78 is 94.4. The number of benzene rings is 2. The van der Waals surface area contributed by atoms with Gasteiger partial charge in [0.15, 0.2) is 0 Å². The summed E-state index contributed by atoms with van der Waals surface area (Å²) in [5.41, 5.74) is -3.42. The summed E-state index contributed by atoms with van der Waals surface area (Å²) in [6, 6.07) is 9.46. The maximum absolute atomic E-state index is 14.3. The largest absolute Gasteiger partial charge is 0.419 e. The molecule has 0 aliphatic heterocycles. The number of nitrogens with one attached hydrogen (secondary N) is 1. The fourth-order valence-corrected chi connectivity index (χ4v) is 3.56.